The maximum atomic E-state index is 12.0. The van der Waals surface area contributed by atoms with Gasteiger partial charge >= 0.3 is 5.97 Å². The van der Waals surface area contributed by atoms with Gasteiger partial charge in [0, 0.05) is 25.2 Å². The van der Waals surface area contributed by atoms with Crippen LogP contribution in [0.3, 0.4) is 0 Å². The van der Waals surface area contributed by atoms with Gasteiger partial charge in [-0.25, -0.2) is 0 Å². The number of ether oxygens (including phenoxy) is 2. The van der Waals surface area contributed by atoms with Crippen molar-refractivity contribution in [3.8, 4) is 5.75 Å². The first kappa shape index (κ1) is 16.8. The SMILES string of the molecule is CC(C)(OC(=O)CCCOc1ccccc1)C1CC[NH2+]CC1. The highest BCUT2D eigenvalue weighted by atomic mass is 16.6. The van der Waals surface area contributed by atoms with Gasteiger partial charge in [0.25, 0.3) is 0 Å². The fourth-order valence-electron chi connectivity index (χ4n) is 2.97. The van der Waals surface area contributed by atoms with Gasteiger partial charge in [0.1, 0.15) is 11.4 Å². The molecule has 0 radical (unpaired) electrons. The highest BCUT2D eigenvalue weighted by Gasteiger charge is 2.35. The van der Waals surface area contributed by atoms with Gasteiger partial charge in [0.2, 0.25) is 0 Å². The summed E-state index contributed by atoms with van der Waals surface area (Å²) in [6.45, 7) is 6.90. The molecule has 4 nitrogen and oxygen atoms in total. The van der Waals surface area contributed by atoms with E-state index in [2.05, 4.69) is 5.32 Å². The number of hydrogen-bond acceptors (Lipinski definition) is 3. The maximum absolute atomic E-state index is 12.0. The molecule has 0 spiro atoms. The van der Waals surface area contributed by atoms with Crippen molar-refractivity contribution >= 4 is 5.97 Å². The third kappa shape index (κ3) is 5.34. The Bertz CT molecular complexity index is 453. The van der Waals surface area contributed by atoms with Crippen LogP contribution in [-0.4, -0.2) is 31.3 Å². The van der Waals surface area contributed by atoms with Crippen LogP contribution in [0, 0.1) is 5.92 Å². The second-order valence-electron chi connectivity index (χ2n) is 6.48. The minimum atomic E-state index is -0.356. The van der Waals surface area contributed by atoms with Gasteiger partial charge in [-0.15, -0.1) is 0 Å². The average molecular weight is 306 g/mol. The molecule has 1 aromatic rings. The molecule has 0 aliphatic carbocycles. The fraction of sp³-hybridized carbons (Fsp3) is 0.611. The molecule has 1 fully saturated rings. The largest absolute Gasteiger partial charge is 0.494 e. The quantitative estimate of drug-likeness (QED) is 0.620. The van der Waals surface area contributed by atoms with Crippen LogP contribution in [0.1, 0.15) is 39.5 Å². The van der Waals surface area contributed by atoms with E-state index in [1.165, 1.54) is 0 Å². The summed E-state index contributed by atoms with van der Waals surface area (Å²) in [5.41, 5.74) is -0.356. The van der Waals surface area contributed by atoms with Crippen LogP contribution in [-0.2, 0) is 9.53 Å². The normalized spacial score (nSPS) is 16.3. The van der Waals surface area contributed by atoms with Crippen LogP contribution in [0.25, 0.3) is 0 Å². The number of piperidine rings is 1. The highest BCUT2D eigenvalue weighted by molar-refractivity contribution is 5.69. The molecule has 0 unspecified atom stereocenters. The molecule has 1 heterocycles. The molecule has 0 bridgehead atoms. The van der Waals surface area contributed by atoms with Gasteiger partial charge in [-0.3, -0.25) is 4.79 Å². The summed E-state index contributed by atoms with van der Waals surface area (Å²) in [7, 11) is 0. The summed E-state index contributed by atoms with van der Waals surface area (Å²) in [4.78, 5) is 12.0. The smallest absolute Gasteiger partial charge is 0.306 e. The van der Waals surface area contributed by atoms with E-state index >= 15 is 0 Å². The fourth-order valence-corrected chi connectivity index (χ4v) is 2.97. The van der Waals surface area contributed by atoms with E-state index in [0.717, 1.165) is 31.7 Å². The van der Waals surface area contributed by atoms with Gasteiger partial charge in [0.15, 0.2) is 0 Å². The summed E-state index contributed by atoms with van der Waals surface area (Å²) in [6, 6.07) is 9.67. The summed E-state index contributed by atoms with van der Waals surface area (Å²) >= 11 is 0. The number of rotatable bonds is 7. The molecule has 4 heteroatoms. The third-order valence-corrected chi connectivity index (χ3v) is 4.34. The first-order valence-electron chi connectivity index (χ1n) is 8.29. The van der Waals surface area contributed by atoms with Crippen molar-refractivity contribution in [3.05, 3.63) is 30.3 Å². The first-order chi connectivity index (χ1) is 10.6. The van der Waals surface area contributed by atoms with E-state index in [-0.39, 0.29) is 11.6 Å². The van der Waals surface area contributed by atoms with E-state index in [4.69, 9.17) is 9.47 Å². The number of hydrogen-bond donors (Lipinski definition) is 1. The first-order valence-corrected chi connectivity index (χ1v) is 8.29. The van der Waals surface area contributed by atoms with E-state index in [1.807, 2.05) is 44.2 Å². The lowest BCUT2D eigenvalue weighted by Crippen LogP contribution is -2.86. The molecule has 0 saturated carbocycles. The Morgan fingerprint density at radius 3 is 2.59 bits per heavy atom. The van der Waals surface area contributed by atoms with Crippen LogP contribution < -0.4 is 10.1 Å². The monoisotopic (exact) mass is 306 g/mol. The Morgan fingerprint density at radius 1 is 1.23 bits per heavy atom. The lowest BCUT2D eigenvalue weighted by atomic mass is 9.83. The molecule has 0 atom stereocenters. The summed E-state index contributed by atoms with van der Waals surface area (Å²) in [5, 5.41) is 2.33. The average Bonchev–Trinajstić information content (AvgIpc) is 2.53. The van der Waals surface area contributed by atoms with Crippen molar-refractivity contribution < 1.29 is 19.6 Å². The van der Waals surface area contributed by atoms with Gasteiger partial charge in [-0.1, -0.05) is 18.2 Å². The van der Waals surface area contributed by atoms with Crippen LogP contribution in [0.15, 0.2) is 30.3 Å². The molecule has 2 rings (SSSR count). The van der Waals surface area contributed by atoms with Crippen LogP contribution in [0.5, 0.6) is 5.75 Å². The second-order valence-corrected chi connectivity index (χ2v) is 6.48. The number of para-hydroxylation sites is 1. The number of carbonyl (C=O) groups excluding carboxylic acids is 1. The van der Waals surface area contributed by atoms with Crippen molar-refractivity contribution in [2.24, 2.45) is 5.92 Å². The van der Waals surface area contributed by atoms with E-state index in [9.17, 15) is 4.79 Å². The molecule has 22 heavy (non-hydrogen) atoms. The van der Waals surface area contributed by atoms with E-state index < -0.39 is 0 Å². The summed E-state index contributed by atoms with van der Waals surface area (Å²) in [5.74, 6) is 1.20. The zero-order chi connectivity index (χ0) is 15.8. The third-order valence-electron chi connectivity index (χ3n) is 4.34. The maximum Gasteiger partial charge on any atom is 0.306 e. The van der Waals surface area contributed by atoms with Gasteiger partial charge in [0.05, 0.1) is 19.7 Å². The van der Waals surface area contributed by atoms with Crippen LogP contribution >= 0.6 is 0 Å². The highest BCUT2D eigenvalue weighted by Crippen LogP contribution is 2.28. The molecule has 1 aliphatic heterocycles. The molecule has 1 saturated heterocycles. The minimum absolute atomic E-state index is 0.115. The Balaban J connectivity index is 1.66. The number of esters is 1. The number of carbonyl (C=O) groups is 1. The molecule has 0 amide bonds. The Kier molecular flexibility index (Phi) is 6.25. The Hall–Kier alpha value is -1.55. The van der Waals surface area contributed by atoms with Crippen molar-refractivity contribution in [1.82, 2.24) is 0 Å². The zero-order valence-corrected chi connectivity index (χ0v) is 13.7. The van der Waals surface area contributed by atoms with Crippen molar-refractivity contribution in [1.29, 1.82) is 0 Å². The van der Waals surface area contributed by atoms with Gasteiger partial charge in [-0.2, -0.15) is 0 Å². The van der Waals surface area contributed by atoms with Gasteiger partial charge < -0.3 is 14.8 Å². The van der Waals surface area contributed by atoms with Crippen LogP contribution in [0.4, 0.5) is 0 Å². The second kappa shape index (κ2) is 8.18. The molecular formula is C18H28NO3+. The number of nitrogens with two attached hydrogens (primary N) is 1. The topological polar surface area (TPSA) is 52.1 Å². The predicted octanol–water partition coefficient (Wildman–Crippen LogP) is 2.14. The minimum Gasteiger partial charge on any atom is -0.494 e. The van der Waals surface area contributed by atoms with Crippen molar-refractivity contribution in [2.75, 3.05) is 19.7 Å². The standard InChI is InChI=1S/C18H27NO3/c1-18(2,15-10-12-19-13-11-15)22-17(20)9-6-14-21-16-7-4-3-5-8-16/h3-5,7-8,15,19H,6,9-14H2,1-2H3/p+1. The van der Waals surface area contributed by atoms with Crippen molar-refractivity contribution in [2.45, 2.75) is 45.1 Å². The van der Waals surface area contributed by atoms with E-state index in [0.29, 0.717) is 25.4 Å². The van der Waals surface area contributed by atoms with Crippen LogP contribution in [0.2, 0.25) is 0 Å². The molecule has 0 aromatic heterocycles. The van der Waals surface area contributed by atoms with Crippen molar-refractivity contribution in [3.63, 3.8) is 0 Å². The lowest BCUT2D eigenvalue weighted by molar-refractivity contribution is -0.665. The van der Waals surface area contributed by atoms with Gasteiger partial charge in [-0.05, 0) is 32.4 Å². The summed E-state index contributed by atoms with van der Waals surface area (Å²) < 4.78 is 11.3. The Labute approximate surface area is 133 Å². The Morgan fingerprint density at radius 2 is 1.91 bits per heavy atom. The summed E-state index contributed by atoms with van der Waals surface area (Å²) in [6.07, 6.45) is 3.34. The zero-order valence-electron chi connectivity index (χ0n) is 13.7. The lowest BCUT2D eigenvalue weighted by Gasteiger charge is -2.35. The number of benzene rings is 1. The molecular weight excluding hydrogens is 278 g/mol. The molecule has 122 valence electrons. The van der Waals surface area contributed by atoms with E-state index in [1.54, 1.807) is 0 Å². The molecule has 1 aromatic carbocycles. The molecule has 1 aliphatic rings. The number of quaternary nitrogens is 1. The molecule has 2 N–H and O–H groups in total. The predicted molar refractivity (Wildman–Crippen MR) is 85.7 cm³/mol.